The first-order chi connectivity index (χ1) is 11.2. The molecule has 2 heterocycles. The van der Waals surface area contributed by atoms with Crippen LogP contribution in [0.1, 0.15) is 28.6 Å². The quantitative estimate of drug-likeness (QED) is 0.690. The molecule has 6 heteroatoms. The molecule has 0 N–H and O–H groups in total. The van der Waals surface area contributed by atoms with Gasteiger partial charge >= 0.3 is 0 Å². The normalized spacial score (nSPS) is 16.7. The topological polar surface area (TPSA) is 57.0 Å². The molecule has 3 aromatic rings. The Balaban J connectivity index is 1.64. The highest BCUT2D eigenvalue weighted by molar-refractivity contribution is 9.10. The molecule has 0 aliphatic carbocycles. The first kappa shape index (κ1) is 14.1. The second-order valence-corrected chi connectivity index (χ2v) is 6.18. The van der Waals surface area contributed by atoms with Crippen LogP contribution in [-0.2, 0) is 0 Å². The first-order valence-electron chi connectivity index (χ1n) is 7.18. The number of ketones is 1. The van der Waals surface area contributed by atoms with Crippen molar-refractivity contribution >= 4 is 21.7 Å². The van der Waals surface area contributed by atoms with E-state index in [2.05, 4.69) is 26.1 Å². The van der Waals surface area contributed by atoms with Crippen molar-refractivity contribution in [2.45, 2.75) is 12.5 Å². The van der Waals surface area contributed by atoms with Crippen LogP contribution in [0.3, 0.4) is 0 Å². The Bertz CT molecular complexity index is 877. The first-order valence-corrected chi connectivity index (χ1v) is 7.97. The number of halogens is 1. The van der Waals surface area contributed by atoms with Crippen molar-refractivity contribution in [3.8, 4) is 11.4 Å². The molecule has 1 aliphatic rings. The molecule has 23 heavy (non-hydrogen) atoms. The van der Waals surface area contributed by atoms with Gasteiger partial charge in [0, 0.05) is 4.47 Å². The molecule has 0 unspecified atom stereocenters. The average Bonchev–Trinajstić information content (AvgIpc) is 3.06. The van der Waals surface area contributed by atoms with Gasteiger partial charge in [-0.05, 0) is 30.3 Å². The van der Waals surface area contributed by atoms with Crippen molar-refractivity contribution in [3.05, 3.63) is 70.5 Å². The van der Waals surface area contributed by atoms with Gasteiger partial charge in [-0.25, -0.2) is 0 Å². The summed E-state index contributed by atoms with van der Waals surface area (Å²) < 4.78 is 6.80. The van der Waals surface area contributed by atoms with Gasteiger partial charge in [0.1, 0.15) is 11.4 Å². The highest BCUT2D eigenvalue weighted by atomic mass is 79.9. The molecular weight excluding hydrogens is 358 g/mol. The fourth-order valence-corrected chi connectivity index (χ4v) is 2.93. The number of benzene rings is 2. The van der Waals surface area contributed by atoms with Gasteiger partial charge in [-0.3, -0.25) is 4.79 Å². The average molecular weight is 370 g/mol. The van der Waals surface area contributed by atoms with Crippen LogP contribution in [0, 0.1) is 0 Å². The molecule has 2 aromatic carbocycles. The van der Waals surface area contributed by atoms with Gasteiger partial charge in [-0.1, -0.05) is 34.1 Å². The van der Waals surface area contributed by atoms with Crippen LogP contribution in [-0.4, -0.2) is 20.8 Å². The standard InChI is InChI=1S/C17H12BrN3O2/c18-11-6-7-16-13(8-11)15(22)9-17(23-16)14-10-19-21(20-14)12-4-2-1-3-5-12/h1-8,10,17H,9H2/t17-/m1/s1. The maximum atomic E-state index is 12.3. The summed E-state index contributed by atoms with van der Waals surface area (Å²) >= 11 is 3.37. The predicted octanol–water partition coefficient (Wildman–Crippen LogP) is 3.74. The minimum Gasteiger partial charge on any atom is -0.483 e. The van der Waals surface area contributed by atoms with E-state index in [1.54, 1.807) is 23.1 Å². The number of para-hydroxylation sites is 1. The molecule has 0 radical (unpaired) electrons. The molecule has 0 saturated heterocycles. The summed E-state index contributed by atoms with van der Waals surface area (Å²) in [5, 5.41) is 8.71. The number of hydrogen-bond donors (Lipinski definition) is 0. The van der Waals surface area contributed by atoms with Crippen molar-refractivity contribution in [2.75, 3.05) is 0 Å². The van der Waals surface area contributed by atoms with Crippen LogP contribution in [0.4, 0.5) is 0 Å². The second kappa shape index (κ2) is 5.62. The molecule has 5 nitrogen and oxygen atoms in total. The van der Waals surface area contributed by atoms with E-state index in [-0.39, 0.29) is 12.2 Å². The SMILES string of the molecule is O=C1C[C@H](c2cnn(-c3ccccc3)n2)Oc2ccc(Br)cc21. The molecule has 4 rings (SSSR count). The molecule has 0 spiro atoms. The number of carbonyl (C=O) groups is 1. The zero-order chi connectivity index (χ0) is 15.8. The fourth-order valence-electron chi connectivity index (χ4n) is 2.57. The summed E-state index contributed by atoms with van der Waals surface area (Å²) in [4.78, 5) is 13.9. The number of Topliss-reactive ketones (excluding diaryl/α,β-unsaturated/α-hetero) is 1. The smallest absolute Gasteiger partial charge is 0.170 e. The zero-order valence-electron chi connectivity index (χ0n) is 12.0. The Morgan fingerprint density at radius 1 is 1.17 bits per heavy atom. The van der Waals surface area contributed by atoms with Crippen LogP contribution in [0.15, 0.2) is 59.2 Å². The van der Waals surface area contributed by atoms with Gasteiger partial charge in [0.05, 0.1) is 23.9 Å². The van der Waals surface area contributed by atoms with Gasteiger partial charge in [0.2, 0.25) is 0 Å². The van der Waals surface area contributed by atoms with E-state index < -0.39 is 6.10 Å². The minimum absolute atomic E-state index is 0.0480. The lowest BCUT2D eigenvalue weighted by Crippen LogP contribution is -2.20. The number of aromatic nitrogens is 3. The van der Waals surface area contributed by atoms with Crippen LogP contribution in [0.5, 0.6) is 5.75 Å². The van der Waals surface area contributed by atoms with Crippen molar-refractivity contribution in [1.82, 2.24) is 15.0 Å². The Morgan fingerprint density at radius 3 is 2.83 bits per heavy atom. The lowest BCUT2D eigenvalue weighted by atomic mass is 9.99. The second-order valence-electron chi connectivity index (χ2n) is 5.27. The molecule has 1 atom stereocenters. The molecule has 1 aromatic heterocycles. The third-order valence-electron chi connectivity index (χ3n) is 3.71. The fraction of sp³-hybridized carbons (Fsp3) is 0.118. The van der Waals surface area contributed by atoms with E-state index in [1.807, 2.05) is 36.4 Å². The van der Waals surface area contributed by atoms with E-state index in [0.29, 0.717) is 17.0 Å². The van der Waals surface area contributed by atoms with Crippen molar-refractivity contribution in [3.63, 3.8) is 0 Å². The van der Waals surface area contributed by atoms with Crippen LogP contribution >= 0.6 is 15.9 Å². The minimum atomic E-state index is -0.409. The van der Waals surface area contributed by atoms with Crippen molar-refractivity contribution < 1.29 is 9.53 Å². The Hall–Kier alpha value is -2.47. The molecule has 0 fully saturated rings. The summed E-state index contributed by atoms with van der Waals surface area (Å²) in [5.41, 5.74) is 2.12. The third-order valence-corrected chi connectivity index (χ3v) is 4.20. The summed E-state index contributed by atoms with van der Waals surface area (Å²) in [6.45, 7) is 0. The Labute approximate surface area is 141 Å². The van der Waals surface area contributed by atoms with E-state index in [0.717, 1.165) is 10.2 Å². The third kappa shape index (κ3) is 2.66. The van der Waals surface area contributed by atoms with Gasteiger partial charge in [0.25, 0.3) is 0 Å². The summed E-state index contributed by atoms with van der Waals surface area (Å²) in [6.07, 6.45) is 1.50. The van der Waals surface area contributed by atoms with Gasteiger partial charge in [-0.2, -0.15) is 9.90 Å². The molecular formula is C17H12BrN3O2. The molecule has 0 saturated carbocycles. The Morgan fingerprint density at radius 2 is 2.00 bits per heavy atom. The summed E-state index contributed by atoms with van der Waals surface area (Å²) in [7, 11) is 0. The maximum absolute atomic E-state index is 12.3. The van der Waals surface area contributed by atoms with E-state index in [9.17, 15) is 4.79 Å². The van der Waals surface area contributed by atoms with Crippen molar-refractivity contribution in [1.29, 1.82) is 0 Å². The highest BCUT2D eigenvalue weighted by Crippen LogP contribution is 2.35. The van der Waals surface area contributed by atoms with E-state index in [1.165, 1.54) is 0 Å². The molecule has 114 valence electrons. The number of nitrogens with zero attached hydrogens (tertiary/aromatic N) is 3. The predicted molar refractivity (Wildman–Crippen MR) is 87.8 cm³/mol. The summed E-state index contributed by atoms with van der Waals surface area (Å²) in [6, 6.07) is 15.1. The maximum Gasteiger partial charge on any atom is 0.170 e. The van der Waals surface area contributed by atoms with Crippen LogP contribution in [0.25, 0.3) is 5.69 Å². The van der Waals surface area contributed by atoms with Crippen LogP contribution < -0.4 is 4.74 Å². The van der Waals surface area contributed by atoms with Crippen molar-refractivity contribution in [2.24, 2.45) is 0 Å². The zero-order valence-corrected chi connectivity index (χ0v) is 13.6. The largest absolute Gasteiger partial charge is 0.483 e. The molecule has 0 amide bonds. The van der Waals surface area contributed by atoms with Gasteiger partial charge in [0.15, 0.2) is 11.9 Å². The van der Waals surface area contributed by atoms with E-state index >= 15 is 0 Å². The molecule has 0 bridgehead atoms. The highest BCUT2D eigenvalue weighted by Gasteiger charge is 2.29. The number of hydrogen-bond acceptors (Lipinski definition) is 4. The van der Waals surface area contributed by atoms with E-state index in [4.69, 9.17) is 4.74 Å². The number of carbonyl (C=O) groups excluding carboxylic acids is 1. The number of rotatable bonds is 2. The van der Waals surface area contributed by atoms with Gasteiger partial charge < -0.3 is 4.74 Å². The molecule has 1 aliphatic heterocycles. The summed E-state index contributed by atoms with van der Waals surface area (Å²) in [5.74, 6) is 0.635. The monoisotopic (exact) mass is 369 g/mol. The van der Waals surface area contributed by atoms with Gasteiger partial charge in [-0.15, -0.1) is 5.10 Å². The Kier molecular flexibility index (Phi) is 3.46. The van der Waals surface area contributed by atoms with Crippen LogP contribution in [0.2, 0.25) is 0 Å². The number of fused-ring (bicyclic) bond motifs is 1. The lowest BCUT2D eigenvalue weighted by molar-refractivity contribution is 0.0844. The lowest BCUT2D eigenvalue weighted by Gasteiger charge is -2.23. The number of ether oxygens (including phenoxy) is 1.